The van der Waals surface area contributed by atoms with E-state index in [1.54, 1.807) is 0 Å². The summed E-state index contributed by atoms with van der Waals surface area (Å²) in [4.78, 5) is 24.0. The minimum atomic E-state index is -1.09. The van der Waals surface area contributed by atoms with Crippen LogP contribution >= 0.6 is 0 Å². The van der Waals surface area contributed by atoms with Gasteiger partial charge in [0, 0.05) is 18.2 Å². The summed E-state index contributed by atoms with van der Waals surface area (Å²) in [6.45, 7) is 1.95. The molecule has 0 saturated carbocycles. The molecule has 0 aromatic heterocycles. The quantitative estimate of drug-likeness (QED) is 0.614. The Hall–Kier alpha value is -2.80. The molecule has 0 bridgehead atoms. The normalized spacial score (nSPS) is 15.6. The molecular weight excluding hydrogens is 351 g/mol. The summed E-state index contributed by atoms with van der Waals surface area (Å²) in [6.07, 6.45) is 2.79. The smallest absolute Gasteiger partial charge is 0.335 e. The van der Waals surface area contributed by atoms with Crippen molar-refractivity contribution < 1.29 is 19.2 Å². The van der Waals surface area contributed by atoms with Crippen LogP contribution in [0.2, 0.25) is 0 Å². The summed E-state index contributed by atoms with van der Waals surface area (Å²) in [7, 11) is 0. The van der Waals surface area contributed by atoms with E-state index in [4.69, 9.17) is 5.11 Å². The summed E-state index contributed by atoms with van der Waals surface area (Å²) in [5, 5.41) is 20.4. The molecule has 1 saturated heterocycles. The predicted octanol–water partition coefficient (Wildman–Crippen LogP) is 3.89. The van der Waals surface area contributed by atoms with Crippen molar-refractivity contribution >= 4 is 11.7 Å². The van der Waals surface area contributed by atoms with Crippen molar-refractivity contribution in [1.29, 1.82) is 0 Å². The van der Waals surface area contributed by atoms with Gasteiger partial charge in [-0.05, 0) is 68.1 Å². The van der Waals surface area contributed by atoms with Gasteiger partial charge in [-0.2, -0.15) is 0 Å². The highest BCUT2D eigenvalue weighted by atomic mass is 19.1. The number of piperidine rings is 1. The third-order valence-corrected chi connectivity index (χ3v) is 5.06. The van der Waals surface area contributed by atoms with Crippen molar-refractivity contribution in [3.63, 3.8) is 0 Å². The molecule has 6 nitrogen and oxygen atoms in total. The molecule has 2 aromatic carbocycles. The van der Waals surface area contributed by atoms with Crippen molar-refractivity contribution in [2.75, 3.05) is 13.1 Å². The number of carbonyl (C=O) groups is 1. The van der Waals surface area contributed by atoms with Crippen LogP contribution in [0.25, 0.3) is 0 Å². The number of nitro benzene ring substituents is 1. The molecule has 1 N–H and O–H groups in total. The second-order valence-electron chi connectivity index (χ2n) is 6.96. The lowest BCUT2D eigenvalue weighted by Crippen LogP contribution is -2.34. The highest BCUT2D eigenvalue weighted by molar-refractivity contribution is 5.88. The Morgan fingerprint density at radius 3 is 2.44 bits per heavy atom. The lowest BCUT2D eigenvalue weighted by atomic mass is 9.90. The van der Waals surface area contributed by atoms with Crippen molar-refractivity contribution in [1.82, 2.24) is 4.90 Å². The third kappa shape index (κ3) is 4.89. The van der Waals surface area contributed by atoms with Gasteiger partial charge in [0.1, 0.15) is 5.82 Å². The Kier molecular flexibility index (Phi) is 5.81. The minimum absolute atomic E-state index is 0.0477. The molecule has 0 atom stereocenters. The van der Waals surface area contributed by atoms with E-state index in [1.165, 1.54) is 30.3 Å². The highest BCUT2D eigenvalue weighted by Crippen LogP contribution is 2.26. The number of nitro groups is 1. The summed E-state index contributed by atoms with van der Waals surface area (Å²) in [6, 6.07) is 10.5. The molecule has 1 aliphatic heterocycles. The molecule has 27 heavy (non-hydrogen) atoms. The van der Waals surface area contributed by atoms with Crippen LogP contribution in [0, 0.1) is 21.8 Å². The van der Waals surface area contributed by atoms with Crippen molar-refractivity contribution in [3.05, 3.63) is 75.1 Å². The highest BCUT2D eigenvalue weighted by Gasteiger charge is 2.23. The summed E-state index contributed by atoms with van der Waals surface area (Å²) < 4.78 is 13.0. The van der Waals surface area contributed by atoms with Crippen LogP contribution in [0.3, 0.4) is 0 Å². The number of hydrogen-bond donors (Lipinski definition) is 1. The van der Waals surface area contributed by atoms with Gasteiger partial charge in [0.05, 0.1) is 10.5 Å². The standard InChI is InChI=1S/C20H21FN2O4/c21-18-4-1-14(2-5-18)11-15-7-9-22(10-8-15)13-17-12-16(20(24)25)3-6-19(17)23(26)27/h1-6,12,15H,7-11,13H2,(H,24,25). The van der Waals surface area contributed by atoms with Gasteiger partial charge < -0.3 is 5.11 Å². The number of aromatic carboxylic acids is 1. The van der Waals surface area contributed by atoms with Crippen LogP contribution in [0.15, 0.2) is 42.5 Å². The predicted molar refractivity (Wildman–Crippen MR) is 98.2 cm³/mol. The number of nitrogens with zero attached hydrogens (tertiary/aromatic N) is 2. The first kappa shape index (κ1) is 19.0. The molecule has 1 aliphatic rings. The first-order valence-corrected chi connectivity index (χ1v) is 8.90. The zero-order valence-electron chi connectivity index (χ0n) is 14.8. The molecule has 2 aromatic rings. The van der Waals surface area contributed by atoms with Crippen molar-refractivity contribution in [2.24, 2.45) is 5.92 Å². The fourth-order valence-corrected chi connectivity index (χ4v) is 3.57. The SMILES string of the molecule is O=C(O)c1ccc([N+](=O)[O-])c(CN2CCC(Cc3ccc(F)cc3)CC2)c1. The minimum Gasteiger partial charge on any atom is -0.478 e. The number of hydrogen-bond acceptors (Lipinski definition) is 4. The zero-order valence-corrected chi connectivity index (χ0v) is 14.8. The molecule has 1 fully saturated rings. The van der Waals surface area contributed by atoms with Gasteiger partial charge in [-0.3, -0.25) is 15.0 Å². The lowest BCUT2D eigenvalue weighted by molar-refractivity contribution is -0.385. The van der Waals surface area contributed by atoms with Gasteiger partial charge in [-0.25, -0.2) is 9.18 Å². The maximum absolute atomic E-state index is 13.0. The number of halogens is 1. The Morgan fingerprint density at radius 1 is 1.19 bits per heavy atom. The average Bonchev–Trinajstić information content (AvgIpc) is 2.65. The first-order chi connectivity index (χ1) is 12.9. The van der Waals surface area contributed by atoms with Gasteiger partial charge in [0.15, 0.2) is 0 Å². The van der Waals surface area contributed by atoms with Crippen LogP contribution in [0.1, 0.15) is 34.3 Å². The van der Waals surface area contributed by atoms with Crippen LogP contribution in [-0.4, -0.2) is 34.0 Å². The Bertz CT molecular complexity index is 830. The third-order valence-electron chi connectivity index (χ3n) is 5.06. The van der Waals surface area contributed by atoms with Crippen molar-refractivity contribution in [2.45, 2.75) is 25.8 Å². The average molecular weight is 372 g/mol. The molecule has 0 spiro atoms. The van der Waals surface area contributed by atoms with E-state index >= 15 is 0 Å². The Morgan fingerprint density at radius 2 is 1.85 bits per heavy atom. The molecule has 142 valence electrons. The number of benzene rings is 2. The van der Waals surface area contributed by atoms with E-state index in [9.17, 15) is 19.3 Å². The van der Waals surface area contributed by atoms with Crippen LogP contribution in [-0.2, 0) is 13.0 Å². The van der Waals surface area contributed by atoms with Gasteiger partial charge in [0.25, 0.3) is 5.69 Å². The monoisotopic (exact) mass is 372 g/mol. The van der Waals surface area contributed by atoms with Gasteiger partial charge >= 0.3 is 5.97 Å². The molecule has 0 unspecified atom stereocenters. The second kappa shape index (κ2) is 8.26. The van der Waals surface area contributed by atoms with Crippen molar-refractivity contribution in [3.8, 4) is 0 Å². The first-order valence-electron chi connectivity index (χ1n) is 8.90. The van der Waals surface area contributed by atoms with Gasteiger partial charge in [-0.1, -0.05) is 12.1 Å². The van der Waals surface area contributed by atoms with E-state index in [2.05, 4.69) is 4.90 Å². The largest absolute Gasteiger partial charge is 0.478 e. The van der Waals surface area contributed by atoms with Crippen LogP contribution < -0.4 is 0 Å². The van der Waals surface area contributed by atoms with E-state index in [-0.39, 0.29) is 17.1 Å². The molecule has 0 radical (unpaired) electrons. The number of carboxylic acid groups (broad SMARTS) is 1. The van der Waals surface area contributed by atoms with Crippen LogP contribution in [0.5, 0.6) is 0 Å². The Balaban J connectivity index is 1.61. The number of rotatable bonds is 6. The van der Waals surface area contributed by atoms with Crippen LogP contribution in [0.4, 0.5) is 10.1 Å². The molecule has 0 aliphatic carbocycles. The number of likely N-dealkylation sites (tertiary alicyclic amines) is 1. The topological polar surface area (TPSA) is 83.7 Å². The summed E-state index contributed by atoms with van der Waals surface area (Å²) in [5.74, 6) is -0.838. The summed E-state index contributed by atoms with van der Waals surface area (Å²) in [5.41, 5.74) is 1.55. The summed E-state index contributed by atoms with van der Waals surface area (Å²) >= 11 is 0. The maximum Gasteiger partial charge on any atom is 0.335 e. The maximum atomic E-state index is 13.0. The van der Waals surface area contributed by atoms with E-state index in [0.29, 0.717) is 18.0 Å². The fraction of sp³-hybridized carbons (Fsp3) is 0.350. The van der Waals surface area contributed by atoms with E-state index in [0.717, 1.165) is 37.9 Å². The van der Waals surface area contributed by atoms with Gasteiger partial charge in [0.2, 0.25) is 0 Å². The van der Waals surface area contributed by atoms with E-state index in [1.807, 2.05) is 12.1 Å². The second-order valence-corrected chi connectivity index (χ2v) is 6.96. The molecule has 1 heterocycles. The molecule has 7 heteroatoms. The van der Waals surface area contributed by atoms with E-state index < -0.39 is 10.9 Å². The zero-order chi connectivity index (χ0) is 19.4. The molecule has 0 amide bonds. The van der Waals surface area contributed by atoms with Gasteiger partial charge in [-0.15, -0.1) is 0 Å². The number of carboxylic acids is 1. The fourth-order valence-electron chi connectivity index (χ4n) is 3.57. The lowest BCUT2D eigenvalue weighted by Gasteiger charge is -2.32. The Labute approximate surface area is 156 Å². The molecule has 3 rings (SSSR count). The molecular formula is C20H21FN2O4.